The van der Waals surface area contributed by atoms with Gasteiger partial charge in [-0.05, 0) is 78.2 Å². The number of benzene rings is 6. The molecule has 6 aromatic rings. The Bertz CT molecular complexity index is 1910. The van der Waals surface area contributed by atoms with E-state index in [2.05, 4.69) is 113 Å². The molecule has 0 nitrogen and oxygen atoms in total. The Labute approximate surface area is 266 Å². The fourth-order valence-corrected chi connectivity index (χ4v) is 7.59. The molecule has 1 aliphatic rings. The van der Waals surface area contributed by atoms with E-state index in [9.17, 15) is 0 Å². The molecule has 0 atom stereocenters. The van der Waals surface area contributed by atoms with E-state index in [-0.39, 0.29) is 10.0 Å². The summed E-state index contributed by atoms with van der Waals surface area (Å²) in [5, 5.41) is 5.43. The molecular formula is C38H28Cl4. The highest BCUT2D eigenvalue weighted by molar-refractivity contribution is 6.57. The molecule has 208 valence electrons. The second-order valence-corrected chi connectivity index (χ2v) is 13.3. The fraction of sp³-hybridized carbons (Fsp3) is 0.158. The van der Waals surface area contributed by atoms with Gasteiger partial charge < -0.3 is 0 Å². The van der Waals surface area contributed by atoms with Crippen LogP contribution in [0.3, 0.4) is 0 Å². The van der Waals surface area contributed by atoms with Crippen molar-refractivity contribution in [2.75, 3.05) is 0 Å². The topological polar surface area (TPSA) is 0 Å². The summed E-state index contributed by atoms with van der Waals surface area (Å²) in [6.07, 6.45) is 0. The minimum absolute atomic E-state index is 0.269. The van der Waals surface area contributed by atoms with Crippen molar-refractivity contribution in [3.05, 3.63) is 116 Å². The lowest BCUT2D eigenvalue weighted by Crippen LogP contribution is -1.97. The molecule has 7 rings (SSSR count). The van der Waals surface area contributed by atoms with Crippen LogP contribution < -0.4 is 0 Å². The zero-order valence-electron chi connectivity index (χ0n) is 23.7. The van der Waals surface area contributed by atoms with Gasteiger partial charge in [0.15, 0.2) is 0 Å². The van der Waals surface area contributed by atoms with Crippen molar-refractivity contribution in [1.82, 2.24) is 0 Å². The lowest BCUT2D eigenvalue weighted by molar-refractivity contribution is 0.867. The summed E-state index contributed by atoms with van der Waals surface area (Å²) < 4.78 is 0. The summed E-state index contributed by atoms with van der Waals surface area (Å²) in [6, 6.07) is 30.6. The molecule has 1 aliphatic carbocycles. The van der Waals surface area contributed by atoms with E-state index in [0.717, 1.165) is 44.2 Å². The van der Waals surface area contributed by atoms with Crippen LogP contribution in [-0.4, -0.2) is 0 Å². The van der Waals surface area contributed by atoms with E-state index in [4.69, 9.17) is 46.4 Å². The molecule has 0 aromatic heterocycles. The lowest BCUT2D eigenvalue weighted by Gasteiger charge is -2.23. The van der Waals surface area contributed by atoms with E-state index in [1.165, 1.54) is 33.0 Å². The first-order valence-electron chi connectivity index (χ1n) is 14.3. The number of hydrogen-bond donors (Lipinski definition) is 0. The van der Waals surface area contributed by atoms with Crippen molar-refractivity contribution in [2.24, 2.45) is 0 Å². The molecule has 0 saturated carbocycles. The van der Waals surface area contributed by atoms with Gasteiger partial charge in [0.05, 0.1) is 20.1 Å². The van der Waals surface area contributed by atoms with Crippen molar-refractivity contribution in [2.45, 2.75) is 39.5 Å². The molecule has 0 unspecified atom stereocenters. The van der Waals surface area contributed by atoms with Crippen molar-refractivity contribution in [1.29, 1.82) is 0 Å². The fourth-order valence-electron chi connectivity index (χ4n) is 6.54. The highest BCUT2D eigenvalue weighted by atomic mass is 35.5. The number of fused-ring (bicyclic) bond motifs is 4. The van der Waals surface area contributed by atoms with Crippen LogP contribution in [0.4, 0.5) is 0 Å². The first-order chi connectivity index (χ1) is 20.2. The van der Waals surface area contributed by atoms with Crippen molar-refractivity contribution in [3.63, 3.8) is 0 Å². The monoisotopic (exact) mass is 624 g/mol. The van der Waals surface area contributed by atoms with Gasteiger partial charge in [0.2, 0.25) is 0 Å². The minimum atomic E-state index is 0.269. The van der Waals surface area contributed by atoms with Crippen LogP contribution in [0, 0.1) is 0 Å². The molecule has 0 radical (unpaired) electrons. The van der Waals surface area contributed by atoms with Gasteiger partial charge in [-0.2, -0.15) is 0 Å². The molecule has 0 amide bonds. The Hall–Kier alpha value is -3.00. The lowest BCUT2D eigenvalue weighted by atomic mass is 9.82. The van der Waals surface area contributed by atoms with Crippen molar-refractivity contribution >= 4 is 67.9 Å². The zero-order valence-corrected chi connectivity index (χ0v) is 26.8. The summed E-state index contributed by atoms with van der Waals surface area (Å²) >= 11 is 28.0. The van der Waals surface area contributed by atoms with Gasteiger partial charge >= 0.3 is 0 Å². The van der Waals surface area contributed by atoms with Gasteiger partial charge in [-0.15, -0.1) is 0 Å². The third-order valence-corrected chi connectivity index (χ3v) is 10.5. The largest absolute Gasteiger partial charge is 0.0819 e. The normalized spacial score (nSPS) is 12.2. The van der Waals surface area contributed by atoms with Crippen LogP contribution in [0.5, 0.6) is 0 Å². The van der Waals surface area contributed by atoms with Gasteiger partial charge in [-0.3, -0.25) is 0 Å². The predicted molar refractivity (Wildman–Crippen MR) is 185 cm³/mol. The average molecular weight is 626 g/mol. The summed E-state index contributed by atoms with van der Waals surface area (Å²) in [5.41, 5.74) is 11.4. The highest BCUT2D eigenvalue weighted by Gasteiger charge is 2.33. The third kappa shape index (κ3) is 4.04. The molecule has 0 bridgehead atoms. The number of hydrogen-bond acceptors (Lipinski definition) is 0. The maximum atomic E-state index is 7.21. The molecule has 6 aromatic carbocycles. The Morgan fingerprint density at radius 3 is 1.14 bits per heavy atom. The van der Waals surface area contributed by atoms with E-state index in [0.29, 0.717) is 21.9 Å². The number of halogens is 4. The van der Waals surface area contributed by atoms with Gasteiger partial charge in [0.1, 0.15) is 0 Å². The summed E-state index contributed by atoms with van der Waals surface area (Å²) in [4.78, 5) is 0. The molecule has 0 N–H and O–H groups in total. The van der Waals surface area contributed by atoms with Crippen LogP contribution >= 0.6 is 46.4 Å². The van der Waals surface area contributed by atoms with Crippen LogP contribution in [0.2, 0.25) is 20.1 Å². The molecule has 0 spiro atoms. The standard InChI is InChI=1S/C38H28Cl4/c1-19(2)21-11-15-24(16-12-21)29-31-26-9-5-7-23-8-6-10-27(28(23)26)32(31)30(25-17-13-22(14-18-25)20(3)4)34-33(29)35(39)37(41)38(42)36(34)40/h5-20H,1-4H3. The molecule has 0 saturated heterocycles. The summed E-state index contributed by atoms with van der Waals surface area (Å²) in [7, 11) is 0. The second-order valence-electron chi connectivity index (χ2n) is 11.8. The van der Waals surface area contributed by atoms with E-state index < -0.39 is 0 Å². The zero-order chi connectivity index (χ0) is 29.4. The predicted octanol–water partition coefficient (Wildman–Crippen LogP) is 13.8. The first-order valence-corrected chi connectivity index (χ1v) is 15.8. The maximum absolute atomic E-state index is 7.21. The van der Waals surface area contributed by atoms with Gasteiger partial charge in [0, 0.05) is 10.8 Å². The van der Waals surface area contributed by atoms with Crippen LogP contribution in [0.25, 0.3) is 66.1 Å². The van der Waals surface area contributed by atoms with Crippen LogP contribution in [-0.2, 0) is 0 Å². The van der Waals surface area contributed by atoms with Crippen LogP contribution in [0.1, 0.15) is 50.7 Å². The SMILES string of the molecule is CC(C)c1ccc(-c2c3c(c(-c4ccc(C(C)C)cc4)c4c(Cl)c(Cl)c(Cl)c(Cl)c24)-c2cccc4cccc-3c24)cc1. The smallest absolute Gasteiger partial charge is 0.0800 e. The first kappa shape index (κ1) is 27.8. The molecule has 0 heterocycles. The van der Waals surface area contributed by atoms with E-state index >= 15 is 0 Å². The van der Waals surface area contributed by atoms with Crippen molar-refractivity contribution in [3.8, 4) is 44.5 Å². The van der Waals surface area contributed by atoms with Crippen LogP contribution in [0.15, 0.2) is 84.9 Å². The molecule has 4 heteroatoms. The quantitative estimate of drug-likeness (QED) is 0.135. The van der Waals surface area contributed by atoms with Gasteiger partial charge in [-0.1, -0.05) is 159 Å². The minimum Gasteiger partial charge on any atom is -0.0819 e. The van der Waals surface area contributed by atoms with Gasteiger partial charge in [-0.25, -0.2) is 0 Å². The summed E-state index contributed by atoms with van der Waals surface area (Å²) in [5.74, 6) is 0.837. The Kier molecular flexibility index (Phi) is 6.83. The highest BCUT2D eigenvalue weighted by Crippen LogP contribution is 2.61. The number of rotatable bonds is 4. The summed E-state index contributed by atoms with van der Waals surface area (Å²) in [6.45, 7) is 8.82. The van der Waals surface area contributed by atoms with E-state index in [1.54, 1.807) is 0 Å². The Morgan fingerprint density at radius 1 is 0.405 bits per heavy atom. The maximum Gasteiger partial charge on any atom is 0.0800 e. The molecule has 0 fully saturated rings. The molecule has 42 heavy (non-hydrogen) atoms. The Balaban J connectivity index is 1.74. The third-order valence-electron chi connectivity index (χ3n) is 8.69. The Morgan fingerprint density at radius 2 is 0.786 bits per heavy atom. The van der Waals surface area contributed by atoms with E-state index in [1.807, 2.05) is 0 Å². The molecule has 0 aliphatic heterocycles. The van der Waals surface area contributed by atoms with Gasteiger partial charge in [0.25, 0.3) is 0 Å². The van der Waals surface area contributed by atoms with Crippen molar-refractivity contribution < 1.29 is 0 Å². The average Bonchev–Trinajstić information content (AvgIpc) is 3.33. The second kappa shape index (κ2) is 10.3. The molecular weight excluding hydrogens is 598 g/mol.